The number of halogens is 6. The lowest BCUT2D eigenvalue weighted by atomic mass is 9.44. The number of aliphatic hydroxyl groups is 2. The molecule has 6 aliphatic carbocycles. The van der Waals surface area contributed by atoms with Crippen molar-refractivity contribution in [3.05, 3.63) is 0 Å². The molecule has 0 saturated heterocycles. The summed E-state index contributed by atoms with van der Waals surface area (Å²) < 4.78 is 92.1. The van der Waals surface area contributed by atoms with Crippen molar-refractivity contribution in [3.8, 4) is 0 Å². The zero-order valence-corrected chi connectivity index (χ0v) is 27.7. The molecule has 0 heterocycles. The van der Waals surface area contributed by atoms with Crippen molar-refractivity contribution in [2.24, 2.45) is 45.8 Å². The van der Waals surface area contributed by atoms with Crippen LogP contribution in [-0.2, 0) is 19.1 Å². The largest absolute Gasteiger partial charge is 0.462 e. The fraction of sp³-hybridized carbons (Fsp3) is 0.947. The van der Waals surface area contributed by atoms with Gasteiger partial charge in [0, 0.05) is 5.41 Å². The van der Waals surface area contributed by atoms with Crippen LogP contribution in [0.5, 0.6) is 0 Å². The molecule has 7 unspecified atom stereocenters. The predicted octanol–water partition coefficient (Wildman–Crippen LogP) is 10.2. The van der Waals surface area contributed by atoms with Gasteiger partial charge in [-0.2, -0.15) is 26.3 Å². The van der Waals surface area contributed by atoms with Crippen molar-refractivity contribution >= 4 is 11.9 Å². The first-order chi connectivity index (χ1) is 20.8. The van der Waals surface area contributed by atoms with Crippen LogP contribution in [0.25, 0.3) is 0 Å². The van der Waals surface area contributed by atoms with Crippen molar-refractivity contribution in [2.45, 2.75) is 184 Å². The normalized spacial score (nSPS) is 34.4. The second-order valence-corrected chi connectivity index (χ2v) is 17.3. The molecule has 50 heavy (non-hydrogen) atoms. The van der Waals surface area contributed by atoms with Crippen LogP contribution in [0.15, 0.2) is 0 Å². The molecular formula is C38H66F6O6. The predicted molar refractivity (Wildman–Crippen MR) is 182 cm³/mol. The van der Waals surface area contributed by atoms with Crippen LogP contribution in [0.1, 0.15) is 148 Å². The number of carbonyl (C=O) groups excluding carboxylic acids is 2. The van der Waals surface area contributed by atoms with Crippen LogP contribution in [0, 0.1) is 45.8 Å². The Morgan fingerprint density at radius 2 is 1.26 bits per heavy atom. The van der Waals surface area contributed by atoms with Crippen LogP contribution >= 0.6 is 0 Å². The quantitative estimate of drug-likeness (QED) is 0.172. The van der Waals surface area contributed by atoms with Crippen LogP contribution in [-0.4, -0.2) is 57.4 Å². The molecular weight excluding hydrogens is 666 g/mol. The molecule has 6 rings (SSSR count). The number of hydrogen-bond donors (Lipinski definition) is 2. The van der Waals surface area contributed by atoms with Gasteiger partial charge in [0.15, 0.2) is 0 Å². The van der Waals surface area contributed by atoms with E-state index in [1.807, 2.05) is 13.8 Å². The van der Waals surface area contributed by atoms with Gasteiger partial charge in [-0.25, -0.2) is 0 Å². The monoisotopic (exact) mass is 732 g/mol. The Kier molecular flexibility index (Phi) is 13.3. The van der Waals surface area contributed by atoms with Gasteiger partial charge in [0.2, 0.25) is 0 Å². The molecule has 0 aliphatic heterocycles. The number of esters is 2. The molecule has 0 spiro atoms. The number of fused-ring (bicyclic) bond motifs is 2. The molecule has 0 radical (unpaired) electrons. The fourth-order valence-corrected chi connectivity index (χ4v) is 10.5. The van der Waals surface area contributed by atoms with E-state index < -0.39 is 82.2 Å². The molecule has 0 aromatic heterocycles. The Balaban J connectivity index is 0.00000312. The highest BCUT2D eigenvalue weighted by molar-refractivity contribution is 5.80. The summed E-state index contributed by atoms with van der Waals surface area (Å²) in [5.74, 6) is -2.12. The summed E-state index contributed by atoms with van der Waals surface area (Å²) in [5.41, 5.74) is -8.79. The Labute approximate surface area is 296 Å². The average molecular weight is 733 g/mol. The molecule has 6 fully saturated rings. The second kappa shape index (κ2) is 14.3. The highest BCUT2D eigenvalue weighted by Gasteiger charge is 2.71. The van der Waals surface area contributed by atoms with Gasteiger partial charge in [-0.15, -0.1) is 0 Å². The van der Waals surface area contributed by atoms with E-state index in [0.29, 0.717) is 31.1 Å². The lowest BCUT2D eigenvalue weighted by Crippen LogP contribution is -2.63. The molecule has 6 nitrogen and oxygen atoms in total. The Bertz CT molecular complexity index is 1180. The molecule has 0 amide bonds. The molecule has 12 heteroatoms. The molecule has 0 aromatic carbocycles. The zero-order valence-electron chi connectivity index (χ0n) is 27.7. The van der Waals surface area contributed by atoms with Crippen LogP contribution in [0.3, 0.4) is 0 Å². The van der Waals surface area contributed by atoms with E-state index in [2.05, 4.69) is 0 Å². The fourth-order valence-electron chi connectivity index (χ4n) is 10.5. The van der Waals surface area contributed by atoms with E-state index in [0.717, 1.165) is 32.1 Å². The Hall–Kier alpha value is -1.56. The molecule has 6 bridgehead atoms. The second-order valence-electron chi connectivity index (χ2n) is 17.3. The van der Waals surface area contributed by atoms with Gasteiger partial charge >= 0.3 is 24.3 Å². The van der Waals surface area contributed by atoms with Crippen molar-refractivity contribution < 1.29 is 55.6 Å². The maximum atomic E-state index is 13.8. The third kappa shape index (κ3) is 7.86. The Morgan fingerprint density at radius 1 is 0.740 bits per heavy atom. The third-order valence-electron chi connectivity index (χ3n) is 13.0. The summed E-state index contributed by atoms with van der Waals surface area (Å²) in [6.07, 6.45) is -7.85. The summed E-state index contributed by atoms with van der Waals surface area (Å²) in [4.78, 5) is 27.5. The first-order valence-corrected chi connectivity index (χ1v) is 16.8. The number of alkyl halides is 6. The van der Waals surface area contributed by atoms with E-state index in [4.69, 9.17) is 9.47 Å². The van der Waals surface area contributed by atoms with E-state index in [-0.39, 0.29) is 54.4 Å². The molecule has 2 N–H and O–H groups in total. The minimum atomic E-state index is -5.86. The van der Waals surface area contributed by atoms with Gasteiger partial charge in [-0.1, -0.05) is 36.6 Å². The molecule has 6 aliphatic rings. The highest BCUT2D eigenvalue weighted by atomic mass is 19.4. The van der Waals surface area contributed by atoms with Gasteiger partial charge in [0.25, 0.3) is 5.60 Å². The summed E-state index contributed by atoms with van der Waals surface area (Å²) in [7, 11) is 0. The standard InChI is InChI=1S/C34H50F6O6.4CH4/c1-7-29(6,26(42)45-24-11-21-9-22(24)10-23(21)16-32(44,33(35,36)37)34(38,39)40)17-27(2,3)25(41)46-31-14-19-8-20(15-31)13-30(12-19,18-31)28(4,5)43;;;;/h19-24,43-44H,7-18H2,1-6H3;4*1H4. The summed E-state index contributed by atoms with van der Waals surface area (Å²) >= 11 is 0. The van der Waals surface area contributed by atoms with Gasteiger partial charge in [-0.3, -0.25) is 9.59 Å². The van der Waals surface area contributed by atoms with E-state index in [9.17, 15) is 46.1 Å². The molecule has 7 atom stereocenters. The van der Waals surface area contributed by atoms with Gasteiger partial charge in [0.1, 0.15) is 11.7 Å². The zero-order chi connectivity index (χ0) is 34.5. The summed E-state index contributed by atoms with van der Waals surface area (Å²) in [6.45, 7) is 10.7. The minimum absolute atomic E-state index is 0. The maximum Gasteiger partial charge on any atom is 0.426 e. The summed E-state index contributed by atoms with van der Waals surface area (Å²) in [6, 6.07) is 0. The third-order valence-corrected chi connectivity index (χ3v) is 13.0. The number of rotatable bonds is 10. The smallest absolute Gasteiger partial charge is 0.426 e. The highest BCUT2D eigenvalue weighted by Crippen LogP contribution is 2.66. The topological polar surface area (TPSA) is 93.1 Å². The van der Waals surface area contributed by atoms with E-state index in [1.54, 1.807) is 27.7 Å². The SMILES string of the molecule is C.C.C.C.CCC(C)(CC(C)(C)C(=O)OC12CC3CC(C1)CC(C(C)(C)O)(C3)C2)C(=O)OC1CC2CC1CC2CC(O)(C(F)(F)F)C(F)(F)F. The lowest BCUT2D eigenvalue weighted by molar-refractivity contribution is -0.373. The van der Waals surface area contributed by atoms with Gasteiger partial charge < -0.3 is 19.7 Å². The lowest BCUT2D eigenvalue weighted by Gasteiger charge is -2.64. The minimum Gasteiger partial charge on any atom is -0.462 e. The maximum absolute atomic E-state index is 13.8. The first-order valence-electron chi connectivity index (χ1n) is 16.8. The number of hydrogen-bond acceptors (Lipinski definition) is 6. The van der Waals surface area contributed by atoms with Gasteiger partial charge in [0.05, 0.1) is 16.4 Å². The first kappa shape index (κ1) is 46.5. The molecule has 0 aromatic rings. The average Bonchev–Trinajstić information content (AvgIpc) is 3.45. The van der Waals surface area contributed by atoms with Crippen LogP contribution < -0.4 is 0 Å². The molecule has 296 valence electrons. The van der Waals surface area contributed by atoms with E-state index in [1.165, 1.54) is 0 Å². The van der Waals surface area contributed by atoms with Crippen molar-refractivity contribution in [2.75, 3.05) is 0 Å². The Morgan fingerprint density at radius 3 is 1.68 bits per heavy atom. The van der Waals surface area contributed by atoms with Crippen molar-refractivity contribution in [1.29, 1.82) is 0 Å². The van der Waals surface area contributed by atoms with Crippen molar-refractivity contribution in [3.63, 3.8) is 0 Å². The van der Waals surface area contributed by atoms with E-state index >= 15 is 0 Å². The van der Waals surface area contributed by atoms with Crippen molar-refractivity contribution in [1.82, 2.24) is 0 Å². The van der Waals surface area contributed by atoms with Crippen LogP contribution in [0.2, 0.25) is 0 Å². The van der Waals surface area contributed by atoms with Gasteiger partial charge in [-0.05, 0) is 141 Å². The number of carbonyl (C=O) groups is 2. The van der Waals surface area contributed by atoms with Crippen LogP contribution in [0.4, 0.5) is 26.3 Å². The summed E-state index contributed by atoms with van der Waals surface area (Å²) in [5, 5.41) is 20.8. The molecule has 6 saturated carbocycles. The number of ether oxygens (including phenoxy) is 2.